The van der Waals surface area contributed by atoms with Crippen LogP contribution < -0.4 is 0 Å². The molecule has 0 aliphatic rings. The van der Waals surface area contributed by atoms with Crippen LogP contribution in [0.4, 0.5) is 0 Å². The van der Waals surface area contributed by atoms with Gasteiger partial charge in [-0.3, -0.25) is 0 Å². The molecule has 3 N–H and O–H groups in total. The monoisotopic (exact) mass is 144 g/mol. The maximum Gasteiger partial charge on any atom is 0.466 e. The summed E-state index contributed by atoms with van der Waals surface area (Å²) < 4.78 is 8.88. The molecule has 46 valence electrons. The maximum absolute atomic E-state index is 8.88. The second kappa shape index (κ2) is 4.48. The summed E-state index contributed by atoms with van der Waals surface area (Å²) in [7, 11) is -3.33. The predicted octanol–water partition coefficient (Wildman–Crippen LogP) is -1.53. The van der Waals surface area contributed by atoms with Gasteiger partial charge >= 0.3 is 7.82 Å². The first-order chi connectivity index (χ1) is 3.00. The van der Waals surface area contributed by atoms with Crippen LogP contribution in [-0.2, 0) is 4.57 Å². The molecule has 0 saturated heterocycles. The van der Waals surface area contributed by atoms with Gasteiger partial charge in [0.25, 0.3) is 0 Å². The molecule has 4 nitrogen and oxygen atoms in total. The van der Waals surface area contributed by atoms with E-state index in [1.54, 1.807) is 0 Å². The van der Waals surface area contributed by atoms with Gasteiger partial charge in [-0.2, -0.15) is 0 Å². The molecule has 0 saturated carbocycles. The van der Waals surface area contributed by atoms with E-state index in [-0.39, 0.29) is 0 Å². The SMILES string of the molecule is C[SiH3].O=P(O)(O)O. The Hall–Kier alpha value is 0.327. The summed E-state index contributed by atoms with van der Waals surface area (Å²) in [6.45, 7) is 2.14. The van der Waals surface area contributed by atoms with Crippen molar-refractivity contribution in [2.24, 2.45) is 0 Å². The van der Waals surface area contributed by atoms with Crippen molar-refractivity contribution < 1.29 is 19.2 Å². The fourth-order valence-corrected chi connectivity index (χ4v) is 0. The summed E-state index contributed by atoms with van der Waals surface area (Å²) in [5.41, 5.74) is 0. The molecule has 0 aromatic heterocycles. The van der Waals surface area contributed by atoms with E-state index in [4.69, 9.17) is 19.2 Å². The number of hydrogen-bond donors (Lipinski definition) is 3. The van der Waals surface area contributed by atoms with Gasteiger partial charge in [-0.25, -0.2) is 4.57 Å². The number of hydrogen-bond acceptors (Lipinski definition) is 1. The Kier molecular flexibility index (Phi) is 6.62. The molecule has 0 heterocycles. The quantitative estimate of drug-likeness (QED) is 0.285. The first kappa shape index (κ1) is 10.3. The molecular formula is CH9O4PSi. The molecule has 0 spiro atoms. The van der Waals surface area contributed by atoms with Gasteiger partial charge in [0.15, 0.2) is 0 Å². The van der Waals surface area contributed by atoms with Gasteiger partial charge in [0, 0.05) is 0 Å². The van der Waals surface area contributed by atoms with Gasteiger partial charge in [-0.05, 0) is 10.2 Å². The highest BCUT2D eigenvalue weighted by Crippen LogP contribution is 2.25. The molecule has 0 aromatic rings. The van der Waals surface area contributed by atoms with Crippen molar-refractivity contribution in [3.05, 3.63) is 0 Å². The topological polar surface area (TPSA) is 77.8 Å². The first-order valence-corrected chi connectivity index (χ1v) is 5.35. The molecule has 0 fully saturated rings. The van der Waals surface area contributed by atoms with Crippen molar-refractivity contribution >= 4 is 18.1 Å². The molecular weight excluding hydrogens is 135 g/mol. The normalized spacial score (nSPS) is 9.71. The number of rotatable bonds is 0. The summed E-state index contributed by atoms with van der Waals surface area (Å²) in [4.78, 5) is 21.6. The molecule has 0 aliphatic heterocycles. The fourth-order valence-electron chi connectivity index (χ4n) is 0. The summed E-state index contributed by atoms with van der Waals surface area (Å²) in [5.74, 6) is 0. The largest absolute Gasteiger partial charge is 0.466 e. The Morgan fingerprint density at radius 2 is 1.29 bits per heavy atom. The highest BCUT2D eigenvalue weighted by Gasteiger charge is 2.00. The lowest BCUT2D eigenvalue weighted by Gasteiger charge is -1.82. The van der Waals surface area contributed by atoms with Crippen molar-refractivity contribution in [2.45, 2.75) is 6.55 Å². The molecule has 0 rings (SSSR count). The minimum absolute atomic E-state index is 1.31. The van der Waals surface area contributed by atoms with Crippen LogP contribution in [0.1, 0.15) is 0 Å². The summed E-state index contributed by atoms with van der Waals surface area (Å²) >= 11 is 0. The Labute approximate surface area is 44.8 Å². The van der Waals surface area contributed by atoms with Crippen LogP contribution in [0.3, 0.4) is 0 Å². The van der Waals surface area contributed by atoms with Gasteiger partial charge in [0.1, 0.15) is 0 Å². The third-order valence-electron chi connectivity index (χ3n) is 0. The van der Waals surface area contributed by atoms with Crippen LogP contribution in [0.2, 0.25) is 6.55 Å². The molecule has 6 heteroatoms. The van der Waals surface area contributed by atoms with Crippen molar-refractivity contribution in [2.75, 3.05) is 0 Å². The summed E-state index contributed by atoms with van der Waals surface area (Å²) in [6, 6.07) is 0. The van der Waals surface area contributed by atoms with E-state index in [1.165, 1.54) is 10.2 Å². The van der Waals surface area contributed by atoms with Gasteiger partial charge in [0.2, 0.25) is 0 Å². The van der Waals surface area contributed by atoms with Gasteiger partial charge in [-0.1, -0.05) is 6.55 Å². The lowest BCUT2D eigenvalue weighted by atomic mass is 11.9. The van der Waals surface area contributed by atoms with Crippen LogP contribution in [0, 0.1) is 0 Å². The first-order valence-electron chi connectivity index (χ1n) is 1.78. The predicted molar refractivity (Wildman–Crippen MR) is 30.1 cm³/mol. The number of phosphoric acid groups is 1. The van der Waals surface area contributed by atoms with Gasteiger partial charge in [0.05, 0.1) is 0 Å². The zero-order valence-electron chi connectivity index (χ0n) is 4.20. The van der Waals surface area contributed by atoms with E-state index in [2.05, 4.69) is 6.55 Å². The van der Waals surface area contributed by atoms with Crippen molar-refractivity contribution in [1.29, 1.82) is 0 Å². The van der Waals surface area contributed by atoms with Gasteiger partial charge in [-0.15, -0.1) is 0 Å². The van der Waals surface area contributed by atoms with Crippen LogP contribution in [0.15, 0.2) is 0 Å². The molecule has 0 amide bonds. The van der Waals surface area contributed by atoms with Crippen molar-refractivity contribution in [1.82, 2.24) is 0 Å². The average Bonchev–Trinajstić information content (AvgIpc) is 1.36. The zero-order chi connectivity index (χ0) is 6.50. The second-order valence-corrected chi connectivity index (χ2v) is 1.54. The average molecular weight is 144 g/mol. The smallest absolute Gasteiger partial charge is 0.303 e. The van der Waals surface area contributed by atoms with Crippen LogP contribution in [0.25, 0.3) is 0 Å². The molecule has 0 atom stereocenters. The van der Waals surface area contributed by atoms with Crippen molar-refractivity contribution in [3.63, 3.8) is 0 Å². The Balaban J connectivity index is 0. The third kappa shape index (κ3) is 1110. The molecule has 0 aliphatic carbocycles. The van der Waals surface area contributed by atoms with E-state index in [9.17, 15) is 0 Å². The Morgan fingerprint density at radius 1 is 1.29 bits per heavy atom. The van der Waals surface area contributed by atoms with E-state index >= 15 is 0 Å². The highest BCUT2D eigenvalue weighted by molar-refractivity contribution is 7.45. The van der Waals surface area contributed by atoms with E-state index in [0.717, 1.165) is 0 Å². The van der Waals surface area contributed by atoms with Gasteiger partial charge < -0.3 is 14.7 Å². The molecule has 0 radical (unpaired) electrons. The summed E-state index contributed by atoms with van der Waals surface area (Å²) in [6.07, 6.45) is 0. The zero-order valence-corrected chi connectivity index (χ0v) is 7.09. The highest BCUT2D eigenvalue weighted by atomic mass is 31.2. The van der Waals surface area contributed by atoms with Crippen LogP contribution in [0.5, 0.6) is 0 Å². The standard InChI is InChI=1S/CH6Si.H3O4P/c1-2;1-5(2,3)4/h1-2H3;(H3,1,2,3,4). The van der Waals surface area contributed by atoms with Crippen LogP contribution >= 0.6 is 7.82 Å². The second-order valence-electron chi connectivity index (χ2n) is 0.513. The Bertz CT molecular complexity index is 57.8. The Morgan fingerprint density at radius 3 is 1.29 bits per heavy atom. The fraction of sp³-hybridized carbons (Fsp3) is 1.00. The van der Waals surface area contributed by atoms with E-state index in [0.29, 0.717) is 0 Å². The minimum Gasteiger partial charge on any atom is -0.303 e. The van der Waals surface area contributed by atoms with Crippen LogP contribution in [-0.4, -0.2) is 24.9 Å². The minimum atomic E-state index is -4.64. The molecule has 0 aromatic carbocycles. The molecule has 0 unspecified atom stereocenters. The molecule has 7 heavy (non-hydrogen) atoms. The summed E-state index contributed by atoms with van der Waals surface area (Å²) in [5, 5.41) is 0. The van der Waals surface area contributed by atoms with E-state index < -0.39 is 7.82 Å². The molecule has 0 bridgehead atoms. The van der Waals surface area contributed by atoms with E-state index in [1.807, 2.05) is 0 Å². The third-order valence-corrected chi connectivity index (χ3v) is 0. The van der Waals surface area contributed by atoms with Crippen molar-refractivity contribution in [3.8, 4) is 0 Å². The lowest BCUT2D eigenvalue weighted by Crippen LogP contribution is -1.66. The lowest BCUT2D eigenvalue weighted by molar-refractivity contribution is 0.275. The maximum atomic E-state index is 8.88.